The van der Waals surface area contributed by atoms with Gasteiger partial charge in [0.15, 0.2) is 21.4 Å². The third kappa shape index (κ3) is 4.81. The van der Waals surface area contributed by atoms with Crippen molar-refractivity contribution in [2.75, 3.05) is 11.5 Å². The minimum Gasteiger partial charge on any atom is -0.445 e. The highest BCUT2D eigenvalue weighted by Gasteiger charge is 2.49. The van der Waals surface area contributed by atoms with Gasteiger partial charge in [-0.05, 0) is 66.7 Å². The molecule has 3 aliphatic rings. The predicted molar refractivity (Wildman–Crippen MR) is 145 cm³/mol. The maximum atomic E-state index is 15.9. The van der Waals surface area contributed by atoms with E-state index in [1.165, 1.54) is 0 Å². The summed E-state index contributed by atoms with van der Waals surface area (Å²) in [6.45, 7) is 0.474. The summed E-state index contributed by atoms with van der Waals surface area (Å²) in [6.07, 6.45) is 2.51. The van der Waals surface area contributed by atoms with Gasteiger partial charge in [-0.15, -0.1) is 0 Å². The van der Waals surface area contributed by atoms with E-state index in [0.717, 1.165) is 31.2 Å². The highest BCUT2D eigenvalue weighted by Crippen LogP contribution is 2.42. The molecule has 6 rings (SSSR count). The van der Waals surface area contributed by atoms with Crippen LogP contribution in [0.4, 0.5) is 15.0 Å². The van der Waals surface area contributed by atoms with Gasteiger partial charge in [-0.2, -0.15) is 5.10 Å². The number of nitrogens with one attached hydrogen (secondary N) is 1. The second-order valence-electron chi connectivity index (χ2n) is 10.1. The number of alkyl halides is 1. The number of rotatable bonds is 6. The lowest BCUT2D eigenvalue weighted by atomic mass is 9.95. The van der Waals surface area contributed by atoms with Crippen molar-refractivity contribution in [3.63, 3.8) is 0 Å². The summed E-state index contributed by atoms with van der Waals surface area (Å²) in [5, 5.41) is 17.6. The van der Waals surface area contributed by atoms with Gasteiger partial charge in [0.2, 0.25) is 0 Å². The minimum atomic E-state index is -1.33. The van der Waals surface area contributed by atoms with Gasteiger partial charge < -0.3 is 24.8 Å². The third-order valence-corrected chi connectivity index (χ3v) is 8.43. The van der Waals surface area contributed by atoms with Crippen molar-refractivity contribution in [3.8, 4) is 0 Å². The first-order valence-electron chi connectivity index (χ1n) is 13.1. The van der Waals surface area contributed by atoms with E-state index in [4.69, 9.17) is 19.4 Å². The zero-order chi connectivity index (χ0) is 26.2. The second kappa shape index (κ2) is 10.9. The van der Waals surface area contributed by atoms with Gasteiger partial charge in [0.1, 0.15) is 24.0 Å². The van der Waals surface area contributed by atoms with Crippen LogP contribution in [-0.4, -0.2) is 61.9 Å². The zero-order valence-corrected chi connectivity index (χ0v) is 23.0. The fraction of sp³-hybridized carbons (Fsp3) is 0.538. The highest BCUT2D eigenvalue weighted by molar-refractivity contribution is 14.1. The molecule has 12 heteroatoms. The van der Waals surface area contributed by atoms with Crippen LogP contribution in [0, 0.1) is 3.70 Å². The van der Waals surface area contributed by atoms with Gasteiger partial charge in [-0.1, -0.05) is 30.3 Å². The van der Waals surface area contributed by atoms with E-state index in [0.29, 0.717) is 45.8 Å². The maximum absolute atomic E-state index is 15.9. The van der Waals surface area contributed by atoms with Gasteiger partial charge in [0.05, 0.1) is 18.7 Å². The van der Waals surface area contributed by atoms with E-state index in [1.807, 2.05) is 35.2 Å². The number of carbonyl (C=O) groups is 1. The van der Waals surface area contributed by atoms with Crippen molar-refractivity contribution in [1.29, 1.82) is 0 Å². The number of anilines is 1. The molecule has 3 saturated heterocycles. The highest BCUT2D eigenvalue weighted by atomic mass is 127. The van der Waals surface area contributed by atoms with Crippen LogP contribution >= 0.6 is 22.6 Å². The van der Waals surface area contributed by atoms with Gasteiger partial charge in [-0.3, -0.25) is 0 Å². The van der Waals surface area contributed by atoms with Gasteiger partial charge in [0.25, 0.3) is 0 Å². The normalized spacial score (nSPS) is 27.0. The number of carbonyl (C=O) groups excluding carboxylic acids is 1. The summed E-state index contributed by atoms with van der Waals surface area (Å²) in [7, 11) is 0. The molecule has 5 atom stereocenters. The first-order chi connectivity index (χ1) is 18.5. The Morgan fingerprint density at radius 2 is 2.05 bits per heavy atom. The van der Waals surface area contributed by atoms with Crippen LogP contribution in [0.2, 0.25) is 0 Å². The van der Waals surface area contributed by atoms with Gasteiger partial charge in [0, 0.05) is 12.6 Å². The largest absolute Gasteiger partial charge is 0.445 e. The molecule has 202 valence electrons. The van der Waals surface area contributed by atoms with Crippen LogP contribution in [0.25, 0.3) is 11.2 Å². The summed E-state index contributed by atoms with van der Waals surface area (Å²) < 4.78 is 29.6. The monoisotopic (exact) mass is 636 g/mol. The number of halogens is 2. The van der Waals surface area contributed by atoms with Crippen molar-refractivity contribution >= 4 is 45.7 Å². The number of amides is 1. The second-order valence-corrected chi connectivity index (χ2v) is 11.1. The van der Waals surface area contributed by atoms with Crippen molar-refractivity contribution in [2.24, 2.45) is 0 Å². The maximum Gasteiger partial charge on any atom is 0.407 e. The van der Waals surface area contributed by atoms with Crippen LogP contribution in [0.5, 0.6) is 0 Å². The molecule has 38 heavy (non-hydrogen) atoms. The summed E-state index contributed by atoms with van der Waals surface area (Å²) in [4.78, 5) is 24.1. The average Bonchev–Trinajstić information content (AvgIpc) is 3.46. The lowest BCUT2D eigenvalue weighted by Gasteiger charge is -2.42. The summed E-state index contributed by atoms with van der Waals surface area (Å²) >= 11 is 2.12. The molecular formula is C26H30FIN6O4. The number of hydrogen-bond donors (Lipinski definition) is 2. The number of aromatic nitrogens is 4. The Morgan fingerprint density at radius 1 is 1.21 bits per heavy atom. The van der Waals surface area contributed by atoms with Crippen molar-refractivity contribution < 1.29 is 23.8 Å². The standard InChI is InChI=1S/C26H30FIN6O4/c27-21-17(30-26(36)38-14-15-6-2-1-3-7-15)12-16-9-10-19(21)33(16)24-18(13-35)29-22-23(28)32-34(25(22)31-24)20-8-4-5-11-37-20/h1-3,6-7,16-17,19-21,35H,4-5,8-14H2,(H,30,36)/t16-,17-,19+,20?,21-/m0/s1. The average molecular weight is 636 g/mol. The lowest BCUT2D eigenvalue weighted by molar-refractivity contribution is -0.0372. The van der Waals surface area contributed by atoms with Gasteiger partial charge in [-0.25, -0.2) is 23.8 Å². The number of piperidine rings is 1. The predicted octanol–water partition coefficient (Wildman–Crippen LogP) is 4.00. The number of hydrogen-bond acceptors (Lipinski definition) is 8. The molecule has 10 nitrogen and oxygen atoms in total. The molecule has 0 spiro atoms. The number of aliphatic hydroxyl groups is 1. The fourth-order valence-electron chi connectivity index (χ4n) is 5.90. The summed E-state index contributed by atoms with van der Waals surface area (Å²) in [5.41, 5.74) is 2.45. The third-order valence-electron chi connectivity index (χ3n) is 7.70. The number of ether oxygens (including phenoxy) is 2. The minimum absolute atomic E-state index is 0.0511. The topological polar surface area (TPSA) is 115 Å². The molecule has 5 heterocycles. The number of alkyl carbamates (subject to hydrolysis) is 1. The Morgan fingerprint density at radius 3 is 2.82 bits per heavy atom. The first kappa shape index (κ1) is 25.7. The molecule has 0 saturated carbocycles. The molecule has 3 fully saturated rings. The summed E-state index contributed by atoms with van der Waals surface area (Å²) in [6, 6.07) is 8.17. The number of nitrogens with zero attached hydrogens (tertiary/aromatic N) is 5. The fourth-order valence-corrected chi connectivity index (χ4v) is 6.50. The number of aliphatic hydroxyl groups excluding tert-OH is 1. The molecule has 1 amide bonds. The molecule has 2 bridgehead atoms. The smallest absolute Gasteiger partial charge is 0.407 e. The van der Waals surface area contributed by atoms with Gasteiger partial charge >= 0.3 is 6.09 Å². The van der Waals surface area contributed by atoms with Crippen molar-refractivity contribution in [3.05, 3.63) is 45.3 Å². The Hall–Kier alpha value is -2.58. The number of fused-ring (bicyclic) bond motifs is 3. The van der Waals surface area contributed by atoms with E-state index < -0.39 is 24.3 Å². The van der Waals surface area contributed by atoms with Crippen LogP contribution in [0.1, 0.15) is 56.0 Å². The first-order valence-corrected chi connectivity index (χ1v) is 14.2. The molecular weight excluding hydrogens is 606 g/mol. The van der Waals surface area contributed by atoms with Crippen molar-refractivity contribution in [2.45, 2.75) is 82.3 Å². The molecule has 1 unspecified atom stereocenters. The van der Waals surface area contributed by atoms with Crippen LogP contribution in [0.15, 0.2) is 30.3 Å². The molecule has 2 aromatic heterocycles. The van der Waals surface area contributed by atoms with E-state index in [1.54, 1.807) is 4.68 Å². The van der Waals surface area contributed by atoms with Crippen LogP contribution in [0.3, 0.4) is 0 Å². The molecule has 3 aromatic rings. The Balaban J connectivity index is 1.23. The molecule has 0 aliphatic carbocycles. The zero-order valence-electron chi connectivity index (χ0n) is 20.8. The SMILES string of the molecule is O=C(N[C@H]1C[C@@H]2CC[C@H]([C@H]1F)N2c1nc2c(nc1CO)c(I)nn2C1CCCCO1)OCc1ccccc1. The molecule has 1 aromatic carbocycles. The number of benzene rings is 1. The van der Waals surface area contributed by atoms with E-state index in [9.17, 15) is 9.90 Å². The van der Waals surface area contributed by atoms with Crippen LogP contribution in [-0.2, 0) is 22.7 Å². The van der Waals surface area contributed by atoms with E-state index in [2.05, 4.69) is 33.0 Å². The Labute approximate surface area is 233 Å². The quantitative estimate of drug-likeness (QED) is 0.391. The molecule has 2 N–H and O–H groups in total. The van der Waals surface area contributed by atoms with E-state index >= 15 is 4.39 Å². The van der Waals surface area contributed by atoms with Crippen LogP contribution < -0.4 is 10.2 Å². The Bertz CT molecular complexity index is 1300. The van der Waals surface area contributed by atoms with E-state index in [-0.39, 0.29) is 25.5 Å². The lowest BCUT2D eigenvalue weighted by Crippen LogP contribution is -2.58. The molecule has 0 radical (unpaired) electrons. The van der Waals surface area contributed by atoms with Crippen molar-refractivity contribution in [1.82, 2.24) is 25.1 Å². The summed E-state index contributed by atoms with van der Waals surface area (Å²) in [5.74, 6) is 0.480. The molecule has 3 aliphatic heterocycles. The Kier molecular flexibility index (Phi) is 7.36.